The summed E-state index contributed by atoms with van der Waals surface area (Å²) in [5.41, 5.74) is 0. The van der Waals surface area contributed by atoms with Crippen molar-refractivity contribution < 1.29 is 24.1 Å². The van der Waals surface area contributed by atoms with Gasteiger partial charge < -0.3 is 0 Å². The van der Waals surface area contributed by atoms with E-state index in [0.717, 1.165) is 0 Å². The van der Waals surface area contributed by atoms with Crippen molar-refractivity contribution >= 4 is 4.27 Å². The van der Waals surface area contributed by atoms with E-state index in [2.05, 4.69) is 13.2 Å². The maximum absolute atomic E-state index is 8.67. The fraction of sp³-hybridized carbons (Fsp3) is 0. The monoisotopic (exact) mass is 290 g/mol. The Kier molecular flexibility index (Phi) is 21.1. The van der Waals surface area contributed by atoms with Crippen LogP contribution in [0.5, 0.6) is 0 Å². The summed E-state index contributed by atoms with van der Waals surface area (Å²) in [7, 11) is 0. The molecule has 1 nitrogen and oxygen atoms in total. The molecule has 0 bridgehead atoms. The van der Waals surface area contributed by atoms with Gasteiger partial charge in [0.25, 0.3) is 0 Å². The SMILES string of the molecule is C=C[CH-]C=C.O=[C]=[Pt]. The van der Waals surface area contributed by atoms with Crippen molar-refractivity contribution in [2.45, 2.75) is 0 Å². The van der Waals surface area contributed by atoms with Crippen molar-refractivity contribution in [2.75, 3.05) is 0 Å². The van der Waals surface area contributed by atoms with Crippen LogP contribution in [-0.2, 0) is 24.1 Å². The molecular weight excluding hydrogens is 283 g/mol. The van der Waals surface area contributed by atoms with Crippen molar-refractivity contribution in [3.8, 4) is 0 Å². The minimum absolute atomic E-state index is 1.47. The Bertz CT molecular complexity index is 84.7. The van der Waals surface area contributed by atoms with E-state index >= 15 is 0 Å². The van der Waals surface area contributed by atoms with Gasteiger partial charge in [0.05, 0.1) is 0 Å². The average molecular weight is 290 g/mol. The van der Waals surface area contributed by atoms with E-state index < -0.39 is 0 Å². The van der Waals surface area contributed by atoms with Gasteiger partial charge in [-0.05, 0) is 0 Å². The molecule has 0 unspecified atom stereocenters. The summed E-state index contributed by atoms with van der Waals surface area (Å²) in [5, 5.41) is 0. The van der Waals surface area contributed by atoms with E-state index in [0.29, 0.717) is 0 Å². The molecule has 0 aromatic heterocycles. The van der Waals surface area contributed by atoms with Gasteiger partial charge in [-0.1, -0.05) is 0 Å². The molecular formula is C6H7OPt-. The van der Waals surface area contributed by atoms with Gasteiger partial charge >= 0.3 is 28.4 Å². The third kappa shape index (κ3) is 45.8. The Morgan fingerprint density at radius 1 is 1.50 bits per heavy atom. The van der Waals surface area contributed by atoms with Gasteiger partial charge in [0.2, 0.25) is 0 Å². The summed E-state index contributed by atoms with van der Waals surface area (Å²) in [6.45, 7) is 6.85. The van der Waals surface area contributed by atoms with Crippen molar-refractivity contribution in [1.82, 2.24) is 0 Å². The van der Waals surface area contributed by atoms with E-state index in [1.807, 2.05) is 0 Å². The van der Waals surface area contributed by atoms with Crippen molar-refractivity contribution in [3.63, 3.8) is 0 Å². The Morgan fingerprint density at radius 3 is 1.75 bits per heavy atom. The molecule has 0 radical (unpaired) electrons. The van der Waals surface area contributed by atoms with Gasteiger partial charge in [0.15, 0.2) is 0 Å². The van der Waals surface area contributed by atoms with E-state index in [-0.39, 0.29) is 0 Å². The molecule has 0 atom stereocenters. The summed E-state index contributed by atoms with van der Waals surface area (Å²) in [6, 6.07) is 0. The second-order valence-corrected chi connectivity index (χ2v) is 1.19. The molecule has 2 heteroatoms. The molecule has 0 fully saturated rings. The van der Waals surface area contributed by atoms with Crippen molar-refractivity contribution in [3.05, 3.63) is 31.7 Å². The number of hydrogen-bond acceptors (Lipinski definition) is 1. The van der Waals surface area contributed by atoms with Crippen LogP contribution in [0.15, 0.2) is 25.3 Å². The molecule has 0 heterocycles. The van der Waals surface area contributed by atoms with Gasteiger partial charge in [-0.25, -0.2) is 0 Å². The first-order valence-corrected chi connectivity index (χ1v) is 2.98. The molecule has 0 rings (SSSR count). The molecule has 0 aliphatic heterocycles. The first-order chi connectivity index (χ1) is 3.83. The van der Waals surface area contributed by atoms with Crippen LogP contribution >= 0.6 is 0 Å². The van der Waals surface area contributed by atoms with Crippen LogP contribution in [0, 0.1) is 6.42 Å². The quantitative estimate of drug-likeness (QED) is 0.698. The summed E-state index contributed by atoms with van der Waals surface area (Å²) in [4.78, 5) is 8.67. The third-order valence-corrected chi connectivity index (χ3v) is 0.272. The van der Waals surface area contributed by atoms with Crippen LogP contribution in [0.1, 0.15) is 0 Å². The van der Waals surface area contributed by atoms with E-state index in [4.69, 9.17) is 4.79 Å². The Hall–Kier alpha value is -0.382. The Labute approximate surface area is 60.5 Å². The van der Waals surface area contributed by atoms with E-state index in [1.165, 1.54) is 23.6 Å². The second-order valence-electron chi connectivity index (χ2n) is 0.728. The Morgan fingerprint density at radius 2 is 1.75 bits per heavy atom. The first-order valence-electron chi connectivity index (χ1n) is 1.85. The molecule has 8 heavy (non-hydrogen) atoms. The summed E-state index contributed by atoms with van der Waals surface area (Å²) >= 11 is 1.47. The molecule has 48 valence electrons. The maximum atomic E-state index is 8.67. The zero-order chi connectivity index (χ0) is 6.83. The third-order valence-electron chi connectivity index (χ3n) is 0.272. The standard InChI is InChI=1S/C5H7.CO.Pt/c1-3-5-4-2;1-2;/h3-5H,1-2H2;;/q-1;;. The fourth-order valence-corrected chi connectivity index (χ4v) is 0.0962. The van der Waals surface area contributed by atoms with Crippen LogP contribution < -0.4 is 0 Å². The number of allylic oxidation sites excluding steroid dienone is 2. The van der Waals surface area contributed by atoms with Crippen molar-refractivity contribution in [2.24, 2.45) is 0 Å². The minimum atomic E-state index is 1.47. The molecule has 0 aliphatic carbocycles. The second kappa shape index (κ2) is 16.0. The normalized spacial score (nSPS) is 4.75. The van der Waals surface area contributed by atoms with Gasteiger partial charge in [-0.2, -0.15) is 31.7 Å². The molecule has 0 aliphatic rings. The zero-order valence-corrected chi connectivity index (χ0v) is 6.64. The fourth-order valence-electron chi connectivity index (χ4n) is 0.0962. The van der Waals surface area contributed by atoms with Crippen molar-refractivity contribution in [1.29, 1.82) is 0 Å². The van der Waals surface area contributed by atoms with Crippen LogP contribution in [-0.4, -0.2) is 4.27 Å². The molecule has 0 aromatic rings. The van der Waals surface area contributed by atoms with Crippen LogP contribution in [0.4, 0.5) is 0 Å². The predicted octanol–water partition coefficient (Wildman–Crippen LogP) is 1.16. The van der Waals surface area contributed by atoms with E-state index in [1.54, 1.807) is 18.6 Å². The summed E-state index contributed by atoms with van der Waals surface area (Å²) < 4.78 is 1.47. The molecule has 0 spiro atoms. The van der Waals surface area contributed by atoms with Crippen LogP contribution in [0.25, 0.3) is 0 Å². The van der Waals surface area contributed by atoms with Gasteiger partial charge in [0, 0.05) is 0 Å². The van der Waals surface area contributed by atoms with Gasteiger partial charge in [-0.15, -0.1) is 0 Å². The van der Waals surface area contributed by atoms with Crippen LogP contribution in [0.3, 0.4) is 0 Å². The number of carbonyl (C=O) groups excluding carboxylic acids is 1. The first kappa shape index (κ1) is 10.6. The van der Waals surface area contributed by atoms with Gasteiger partial charge in [-0.3, -0.25) is 0 Å². The summed E-state index contributed by atoms with van der Waals surface area (Å²) in [5.74, 6) is 0. The number of rotatable bonds is 2. The molecule has 0 amide bonds. The zero-order valence-electron chi connectivity index (χ0n) is 4.37. The summed E-state index contributed by atoms with van der Waals surface area (Å²) in [6.07, 6.45) is 5.15. The topological polar surface area (TPSA) is 17.1 Å². The molecule has 0 saturated carbocycles. The average Bonchev–Trinajstić information content (AvgIpc) is 1.71. The number of hydrogen-bond donors (Lipinski definition) is 0. The van der Waals surface area contributed by atoms with E-state index in [9.17, 15) is 0 Å². The molecule has 0 saturated heterocycles. The van der Waals surface area contributed by atoms with Crippen LogP contribution in [0.2, 0.25) is 0 Å². The Balaban J connectivity index is 0. The molecule has 0 aromatic carbocycles. The van der Waals surface area contributed by atoms with Gasteiger partial charge in [0.1, 0.15) is 0 Å². The predicted molar refractivity (Wildman–Crippen MR) is 30.4 cm³/mol. The molecule has 0 N–H and O–H groups in total.